The molecule has 2 atom stereocenters. The van der Waals surface area contributed by atoms with Crippen molar-refractivity contribution in [2.45, 2.75) is 47.0 Å². The van der Waals surface area contributed by atoms with Crippen LogP contribution in [0.25, 0.3) is 0 Å². The summed E-state index contributed by atoms with van der Waals surface area (Å²) < 4.78 is 0. The Labute approximate surface area is 78.1 Å². The van der Waals surface area contributed by atoms with Gasteiger partial charge >= 0.3 is 0 Å². The van der Waals surface area contributed by atoms with E-state index in [1.807, 2.05) is 0 Å². The third-order valence-electron chi connectivity index (χ3n) is 2.85. The Kier molecular flexibility index (Phi) is 6.14. The monoisotopic (exact) mass is 168 g/mol. The van der Waals surface area contributed by atoms with Crippen molar-refractivity contribution in [2.24, 2.45) is 17.8 Å². The maximum absolute atomic E-state index is 3.89. The van der Waals surface area contributed by atoms with Gasteiger partial charge in [-0.2, -0.15) is 0 Å². The topological polar surface area (TPSA) is 0 Å². The van der Waals surface area contributed by atoms with E-state index in [4.69, 9.17) is 0 Å². The lowest BCUT2D eigenvalue weighted by atomic mass is 9.88. The fourth-order valence-corrected chi connectivity index (χ4v) is 1.40. The van der Waals surface area contributed by atoms with Gasteiger partial charge in [0.1, 0.15) is 0 Å². The second-order valence-corrected chi connectivity index (χ2v) is 4.23. The summed E-state index contributed by atoms with van der Waals surface area (Å²) >= 11 is 0. The molecule has 0 radical (unpaired) electrons. The number of rotatable bonds is 6. The third-order valence-corrected chi connectivity index (χ3v) is 2.85. The first-order valence-corrected chi connectivity index (χ1v) is 5.24. The molecule has 0 aliphatic carbocycles. The number of hydrogen-bond acceptors (Lipinski definition) is 0. The Morgan fingerprint density at radius 1 is 1.17 bits per heavy atom. The van der Waals surface area contributed by atoms with E-state index < -0.39 is 0 Å². The molecule has 0 rings (SSSR count). The fourth-order valence-electron chi connectivity index (χ4n) is 1.40. The molecule has 0 aromatic carbocycles. The van der Waals surface area contributed by atoms with Crippen LogP contribution in [0.5, 0.6) is 0 Å². The van der Waals surface area contributed by atoms with E-state index in [1.165, 1.54) is 19.3 Å². The number of hydrogen-bond donors (Lipinski definition) is 0. The van der Waals surface area contributed by atoms with Crippen molar-refractivity contribution < 1.29 is 0 Å². The molecule has 0 aliphatic heterocycles. The van der Waals surface area contributed by atoms with Crippen LogP contribution < -0.4 is 0 Å². The standard InChI is InChI=1S/C12H24/c1-6-11(5)8-9-12(7-2)10(3)4/h7,10-12H,2,6,8-9H2,1,3-5H3. The minimum Gasteiger partial charge on any atom is -0.103 e. The first-order chi connectivity index (χ1) is 5.61. The molecule has 0 N–H and O–H groups in total. The lowest BCUT2D eigenvalue weighted by Crippen LogP contribution is -2.07. The van der Waals surface area contributed by atoms with Gasteiger partial charge in [-0.3, -0.25) is 0 Å². The Balaban J connectivity index is 3.65. The molecule has 0 amide bonds. The van der Waals surface area contributed by atoms with E-state index >= 15 is 0 Å². The van der Waals surface area contributed by atoms with E-state index in [-0.39, 0.29) is 0 Å². The fraction of sp³-hybridized carbons (Fsp3) is 0.833. The molecule has 0 heterocycles. The van der Waals surface area contributed by atoms with E-state index in [0.29, 0.717) is 0 Å². The van der Waals surface area contributed by atoms with Crippen molar-refractivity contribution in [1.82, 2.24) is 0 Å². The van der Waals surface area contributed by atoms with Crippen LogP contribution in [0.2, 0.25) is 0 Å². The van der Waals surface area contributed by atoms with Gasteiger partial charge in [-0.05, 0) is 24.2 Å². The van der Waals surface area contributed by atoms with Crippen molar-refractivity contribution in [2.75, 3.05) is 0 Å². The Morgan fingerprint density at radius 3 is 2.08 bits per heavy atom. The summed E-state index contributed by atoms with van der Waals surface area (Å²) in [6.07, 6.45) is 6.09. The molecule has 0 heteroatoms. The molecular formula is C12H24. The summed E-state index contributed by atoms with van der Waals surface area (Å²) in [5.74, 6) is 2.36. The molecule has 0 saturated carbocycles. The largest absolute Gasteiger partial charge is 0.103 e. The van der Waals surface area contributed by atoms with Crippen LogP contribution >= 0.6 is 0 Å². The van der Waals surface area contributed by atoms with Crippen LogP contribution in [0.15, 0.2) is 12.7 Å². The molecule has 0 nitrogen and oxygen atoms in total. The predicted molar refractivity (Wildman–Crippen MR) is 57.2 cm³/mol. The highest BCUT2D eigenvalue weighted by molar-refractivity contribution is 4.81. The summed E-state index contributed by atoms with van der Waals surface area (Å²) in [6.45, 7) is 13.0. The number of allylic oxidation sites excluding steroid dienone is 1. The second kappa shape index (κ2) is 6.28. The third kappa shape index (κ3) is 4.58. The maximum atomic E-state index is 3.89. The summed E-state index contributed by atoms with van der Waals surface area (Å²) in [6, 6.07) is 0. The van der Waals surface area contributed by atoms with E-state index in [2.05, 4.69) is 40.3 Å². The summed E-state index contributed by atoms with van der Waals surface area (Å²) in [7, 11) is 0. The smallest absolute Gasteiger partial charge is 0.0213 e. The van der Waals surface area contributed by atoms with E-state index in [0.717, 1.165) is 17.8 Å². The van der Waals surface area contributed by atoms with Gasteiger partial charge in [0.05, 0.1) is 0 Å². The van der Waals surface area contributed by atoms with E-state index in [9.17, 15) is 0 Å². The highest BCUT2D eigenvalue weighted by Crippen LogP contribution is 2.21. The van der Waals surface area contributed by atoms with E-state index in [1.54, 1.807) is 0 Å². The van der Waals surface area contributed by atoms with Crippen LogP contribution in [0.3, 0.4) is 0 Å². The first kappa shape index (κ1) is 11.7. The molecule has 0 spiro atoms. The van der Waals surface area contributed by atoms with Crippen LogP contribution in [0.1, 0.15) is 47.0 Å². The molecule has 72 valence electrons. The Hall–Kier alpha value is -0.260. The summed E-state index contributed by atoms with van der Waals surface area (Å²) in [4.78, 5) is 0. The quantitative estimate of drug-likeness (QED) is 0.519. The normalized spacial score (nSPS) is 16.1. The second-order valence-electron chi connectivity index (χ2n) is 4.23. The van der Waals surface area contributed by atoms with Crippen LogP contribution in [0, 0.1) is 17.8 Å². The van der Waals surface area contributed by atoms with Gasteiger partial charge in [0.15, 0.2) is 0 Å². The van der Waals surface area contributed by atoms with Gasteiger partial charge < -0.3 is 0 Å². The van der Waals surface area contributed by atoms with Gasteiger partial charge in [-0.25, -0.2) is 0 Å². The van der Waals surface area contributed by atoms with Crippen molar-refractivity contribution in [3.63, 3.8) is 0 Å². The first-order valence-electron chi connectivity index (χ1n) is 5.24. The molecule has 0 aliphatic rings. The van der Waals surface area contributed by atoms with Gasteiger partial charge in [0, 0.05) is 0 Å². The lowest BCUT2D eigenvalue weighted by molar-refractivity contribution is 0.379. The Morgan fingerprint density at radius 2 is 1.75 bits per heavy atom. The Bertz CT molecular complexity index is 113. The van der Waals surface area contributed by atoms with Gasteiger partial charge in [0.2, 0.25) is 0 Å². The molecule has 0 aromatic heterocycles. The average molecular weight is 168 g/mol. The minimum atomic E-state index is 0.721. The predicted octanol–water partition coefficient (Wildman–Crippen LogP) is 4.27. The summed E-state index contributed by atoms with van der Waals surface area (Å²) in [5, 5.41) is 0. The minimum absolute atomic E-state index is 0.721. The maximum Gasteiger partial charge on any atom is -0.0213 e. The van der Waals surface area contributed by atoms with Gasteiger partial charge in [-0.1, -0.05) is 46.6 Å². The SMILES string of the molecule is C=CC(CCC(C)CC)C(C)C. The zero-order valence-electron chi connectivity index (χ0n) is 9.14. The molecule has 0 aromatic rings. The highest BCUT2D eigenvalue weighted by atomic mass is 14.2. The molecule has 2 unspecified atom stereocenters. The van der Waals surface area contributed by atoms with Crippen molar-refractivity contribution in [3.8, 4) is 0 Å². The highest BCUT2D eigenvalue weighted by Gasteiger charge is 2.10. The van der Waals surface area contributed by atoms with Gasteiger partial charge in [-0.15, -0.1) is 6.58 Å². The van der Waals surface area contributed by atoms with Gasteiger partial charge in [0.25, 0.3) is 0 Å². The molecule has 0 bridgehead atoms. The van der Waals surface area contributed by atoms with Crippen LogP contribution in [-0.4, -0.2) is 0 Å². The van der Waals surface area contributed by atoms with Crippen LogP contribution in [-0.2, 0) is 0 Å². The average Bonchev–Trinajstić information content (AvgIpc) is 2.04. The zero-order valence-corrected chi connectivity index (χ0v) is 9.14. The zero-order chi connectivity index (χ0) is 9.56. The van der Waals surface area contributed by atoms with Crippen molar-refractivity contribution >= 4 is 0 Å². The van der Waals surface area contributed by atoms with Crippen LogP contribution in [0.4, 0.5) is 0 Å². The van der Waals surface area contributed by atoms with Crippen molar-refractivity contribution in [3.05, 3.63) is 12.7 Å². The van der Waals surface area contributed by atoms with Crippen molar-refractivity contribution in [1.29, 1.82) is 0 Å². The lowest BCUT2D eigenvalue weighted by Gasteiger charge is -2.18. The molecule has 0 saturated heterocycles. The summed E-state index contributed by atoms with van der Waals surface area (Å²) in [5.41, 5.74) is 0. The molecule has 0 fully saturated rings. The molecule has 12 heavy (non-hydrogen) atoms. The molecular weight excluding hydrogens is 144 g/mol.